The zero-order valence-corrected chi connectivity index (χ0v) is 7.62. The summed E-state index contributed by atoms with van der Waals surface area (Å²) in [5.74, 6) is 0.273. The van der Waals surface area contributed by atoms with Crippen LogP contribution in [0.4, 0.5) is 0 Å². The Kier molecular flexibility index (Phi) is 3.69. The van der Waals surface area contributed by atoms with Crippen molar-refractivity contribution in [1.82, 2.24) is 4.90 Å². The van der Waals surface area contributed by atoms with E-state index in [-0.39, 0.29) is 12.4 Å². The van der Waals surface area contributed by atoms with Gasteiger partial charge in [-0.2, -0.15) is 0 Å². The lowest BCUT2D eigenvalue weighted by Crippen LogP contribution is -2.34. The molecule has 0 aromatic heterocycles. The third-order valence-corrected chi connectivity index (χ3v) is 2.22. The summed E-state index contributed by atoms with van der Waals surface area (Å²) in [5, 5.41) is 8.75. The fourth-order valence-corrected chi connectivity index (χ4v) is 1.30. The average molecular weight is 171 g/mol. The van der Waals surface area contributed by atoms with Crippen molar-refractivity contribution in [3.63, 3.8) is 0 Å². The van der Waals surface area contributed by atoms with Gasteiger partial charge in [-0.15, -0.1) is 0 Å². The lowest BCUT2D eigenvalue weighted by Gasteiger charge is -2.19. The van der Waals surface area contributed by atoms with Crippen molar-refractivity contribution < 1.29 is 9.90 Å². The first kappa shape index (κ1) is 9.68. The Morgan fingerprint density at radius 3 is 2.67 bits per heavy atom. The summed E-state index contributed by atoms with van der Waals surface area (Å²) in [7, 11) is 0. The lowest BCUT2D eigenvalue weighted by molar-refractivity contribution is -0.120. The van der Waals surface area contributed by atoms with Crippen molar-refractivity contribution in [3.05, 3.63) is 0 Å². The first-order valence-corrected chi connectivity index (χ1v) is 4.64. The van der Waals surface area contributed by atoms with Crippen LogP contribution in [0.25, 0.3) is 0 Å². The van der Waals surface area contributed by atoms with E-state index in [1.165, 1.54) is 12.8 Å². The second kappa shape index (κ2) is 4.58. The Morgan fingerprint density at radius 2 is 2.25 bits per heavy atom. The first-order chi connectivity index (χ1) is 5.77. The van der Waals surface area contributed by atoms with E-state index >= 15 is 0 Å². The highest BCUT2D eigenvalue weighted by atomic mass is 16.3. The van der Waals surface area contributed by atoms with Crippen molar-refractivity contribution in [2.24, 2.45) is 0 Å². The molecular formula is C9H17NO2. The molecule has 1 fully saturated rings. The van der Waals surface area contributed by atoms with E-state index in [1.54, 1.807) is 0 Å². The SMILES string of the molecule is CCC(=O)CN(CCO)C1CC1. The van der Waals surface area contributed by atoms with E-state index in [0.717, 1.165) is 0 Å². The monoisotopic (exact) mass is 171 g/mol. The van der Waals surface area contributed by atoms with Gasteiger partial charge in [-0.05, 0) is 12.8 Å². The summed E-state index contributed by atoms with van der Waals surface area (Å²) in [4.78, 5) is 13.2. The van der Waals surface area contributed by atoms with Gasteiger partial charge in [0.15, 0.2) is 0 Å². The van der Waals surface area contributed by atoms with Gasteiger partial charge >= 0.3 is 0 Å². The van der Waals surface area contributed by atoms with Crippen LogP contribution in [0.15, 0.2) is 0 Å². The predicted molar refractivity (Wildman–Crippen MR) is 47.0 cm³/mol. The standard InChI is InChI=1S/C9H17NO2/c1-2-9(12)7-10(5-6-11)8-3-4-8/h8,11H,2-7H2,1H3. The molecule has 0 amide bonds. The molecule has 1 aliphatic rings. The van der Waals surface area contributed by atoms with E-state index in [1.807, 2.05) is 6.92 Å². The molecule has 3 heteroatoms. The van der Waals surface area contributed by atoms with Crippen LogP contribution in [0.3, 0.4) is 0 Å². The van der Waals surface area contributed by atoms with Crippen molar-refractivity contribution in [2.75, 3.05) is 19.7 Å². The second-order valence-electron chi connectivity index (χ2n) is 3.32. The summed E-state index contributed by atoms with van der Waals surface area (Å²) in [6, 6.07) is 0.577. The molecule has 0 spiro atoms. The molecule has 0 bridgehead atoms. The minimum atomic E-state index is 0.160. The molecule has 0 unspecified atom stereocenters. The number of carbonyl (C=O) groups excluding carboxylic acids is 1. The van der Waals surface area contributed by atoms with Crippen molar-refractivity contribution in [1.29, 1.82) is 0 Å². The third kappa shape index (κ3) is 2.91. The van der Waals surface area contributed by atoms with Gasteiger partial charge in [0.25, 0.3) is 0 Å². The fourth-order valence-electron chi connectivity index (χ4n) is 1.30. The fraction of sp³-hybridized carbons (Fsp3) is 0.889. The molecule has 0 atom stereocenters. The quantitative estimate of drug-likeness (QED) is 0.629. The number of carbonyl (C=O) groups is 1. The molecule has 12 heavy (non-hydrogen) atoms. The number of ketones is 1. The van der Waals surface area contributed by atoms with Crippen LogP contribution < -0.4 is 0 Å². The lowest BCUT2D eigenvalue weighted by atomic mass is 10.3. The number of rotatable bonds is 6. The minimum Gasteiger partial charge on any atom is -0.395 e. The highest BCUT2D eigenvalue weighted by Gasteiger charge is 2.29. The van der Waals surface area contributed by atoms with Gasteiger partial charge < -0.3 is 5.11 Å². The summed E-state index contributed by atoms with van der Waals surface area (Å²) in [6.07, 6.45) is 2.99. The molecule has 0 radical (unpaired) electrons. The predicted octanol–water partition coefficient (Wildman–Crippen LogP) is 0.422. The van der Waals surface area contributed by atoms with Gasteiger partial charge in [-0.1, -0.05) is 6.92 Å². The molecule has 0 aliphatic heterocycles. The Bertz CT molecular complexity index is 155. The smallest absolute Gasteiger partial charge is 0.146 e. The molecule has 70 valence electrons. The van der Waals surface area contributed by atoms with Crippen molar-refractivity contribution in [2.45, 2.75) is 32.2 Å². The molecule has 1 saturated carbocycles. The van der Waals surface area contributed by atoms with Crippen LogP contribution in [-0.2, 0) is 4.79 Å². The van der Waals surface area contributed by atoms with Gasteiger partial charge in [0, 0.05) is 19.0 Å². The molecule has 0 heterocycles. The minimum absolute atomic E-state index is 0.160. The zero-order chi connectivity index (χ0) is 8.97. The molecule has 3 nitrogen and oxygen atoms in total. The van der Waals surface area contributed by atoms with Gasteiger partial charge in [-0.3, -0.25) is 9.69 Å². The number of nitrogens with zero attached hydrogens (tertiary/aromatic N) is 1. The maximum absolute atomic E-state index is 11.1. The van der Waals surface area contributed by atoms with Gasteiger partial charge in [0.2, 0.25) is 0 Å². The number of Topliss-reactive ketones (excluding diaryl/α,β-unsaturated/α-hetero) is 1. The summed E-state index contributed by atoms with van der Waals surface area (Å²) in [5.41, 5.74) is 0. The number of aliphatic hydroxyl groups is 1. The second-order valence-corrected chi connectivity index (χ2v) is 3.32. The van der Waals surface area contributed by atoms with Crippen LogP contribution in [-0.4, -0.2) is 41.5 Å². The van der Waals surface area contributed by atoms with E-state index in [2.05, 4.69) is 4.90 Å². The van der Waals surface area contributed by atoms with E-state index in [9.17, 15) is 4.79 Å². The molecule has 1 rings (SSSR count). The zero-order valence-electron chi connectivity index (χ0n) is 7.62. The largest absolute Gasteiger partial charge is 0.395 e. The maximum atomic E-state index is 11.1. The molecule has 0 saturated heterocycles. The van der Waals surface area contributed by atoms with Gasteiger partial charge in [0.05, 0.1) is 13.2 Å². The van der Waals surface area contributed by atoms with E-state index in [0.29, 0.717) is 25.6 Å². The summed E-state index contributed by atoms with van der Waals surface area (Å²) >= 11 is 0. The summed E-state index contributed by atoms with van der Waals surface area (Å²) < 4.78 is 0. The third-order valence-electron chi connectivity index (χ3n) is 2.22. The number of hydrogen-bond acceptors (Lipinski definition) is 3. The van der Waals surface area contributed by atoms with Crippen molar-refractivity contribution in [3.8, 4) is 0 Å². The molecular weight excluding hydrogens is 154 g/mol. The normalized spacial score (nSPS) is 16.9. The Labute approximate surface area is 73.4 Å². The molecule has 0 aromatic rings. The highest BCUT2D eigenvalue weighted by Crippen LogP contribution is 2.26. The number of aliphatic hydroxyl groups excluding tert-OH is 1. The molecule has 1 N–H and O–H groups in total. The van der Waals surface area contributed by atoms with Crippen LogP contribution in [0.5, 0.6) is 0 Å². The first-order valence-electron chi connectivity index (χ1n) is 4.64. The van der Waals surface area contributed by atoms with Gasteiger partial charge in [0.1, 0.15) is 5.78 Å². The van der Waals surface area contributed by atoms with Crippen LogP contribution in [0.1, 0.15) is 26.2 Å². The van der Waals surface area contributed by atoms with Crippen LogP contribution >= 0.6 is 0 Å². The molecule has 1 aliphatic carbocycles. The molecule has 0 aromatic carbocycles. The number of hydrogen-bond donors (Lipinski definition) is 1. The van der Waals surface area contributed by atoms with E-state index in [4.69, 9.17) is 5.11 Å². The van der Waals surface area contributed by atoms with Crippen LogP contribution in [0.2, 0.25) is 0 Å². The average Bonchev–Trinajstić information content (AvgIpc) is 2.86. The van der Waals surface area contributed by atoms with Crippen molar-refractivity contribution >= 4 is 5.78 Å². The van der Waals surface area contributed by atoms with Gasteiger partial charge in [-0.25, -0.2) is 0 Å². The van der Waals surface area contributed by atoms with E-state index < -0.39 is 0 Å². The van der Waals surface area contributed by atoms with Crippen LogP contribution in [0, 0.1) is 0 Å². The highest BCUT2D eigenvalue weighted by molar-refractivity contribution is 5.80. The Balaban J connectivity index is 2.26. The summed E-state index contributed by atoms with van der Waals surface area (Å²) in [6.45, 7) is 3.22. The maximum Gasteiger partial charge on any atom is 0.146 e. The Morgan fingerprint density at radius 1 is 1.58 bits per heavy atom. The topological polar surface area (TPSA) is 40.5 Å². The Hall–Kier alpha value is -0.410.